The third-order valence-corrected chi connectivity index (χ3v) is 11.7. The summed E-state index contributed by atoms with van der Waals surface area (Å²) in [5.41, 5.74) is 16.7. The van der Waals surface area contributed by atoms with E-state index in [0.717, 1.165) is 6.42 Å². The van der Waals surface area contributed by atoms with Gasteiger partial charge in [0.1, 0.15) is 0 Å². The first kappa shape index (κ1) is 28.1. The van der Waals surface area contributed by atoms with E-state index in [9.17, 15) is 0 Å². The highest BCUT2D eigenvalue weighted by atomic mass is 15.0. The van der Waals surface area contributed by atoms with Gasteiger partial charge in [-0.1, -0.05) is 121 Å². The second kappa shape index (κ2) is 10.4. The number of hydrogen-bond donors (Lipinski definition) is 0. The molecule has 2 aromatic heterocycles. The number of nitrogens with zero attached hydrogens (tertiary/aromatic N) is 2. The van der Waals surface area contributed by atoms with Crippen molar-refractivity contribution < 1.29 is 0 Å². The molecule has 9 aromatic rings. The van der Waals surface area contributed by atoms with E-state index >= 15 is 0 Å². The fourth-order valence-electron chi connectivity index (χ4n) is 9.40. The second-order valence-corrected chi connectivity index (χ2v) is 14.5. The van der Waals surface area contributed by atoms with E-state index in [0.29, 0.717) is 5.92 Å². The van der Waals surface area contributed by atoms with Crippen LogP contribution in [0, 0.1) is 5.92 Å². The quantitative estimate of drug-likeness (QED) is 0.175. The highest BCUT2D eigenvalue weighted by molar-refractivity contribution is 6.20. The van der Waals surface area contributed by atoms with Crippen molar-refractivity contribution in [1.29, 1.82) is 0 Å². The van der Waals surface area contributed by atoms with Crippen LogP contribution in [0.2, 0.25) is 0 Å². The molecule has 1 unspecified atom stereocenters. The van der Waals surface area contributed by atoms with Gasteiger partial charge in [0.25, 0.3) is 0 Å². The van der Waals surface area contributed by atoms with Crippen molar-refractivity contribution in [2.45, 2.75) is 6.42 Å². The van der Waals surface area contributed by atoms with Crippen molar-refractivity contribution in [3.8, 4) is 27.9 Å². The molecule has 0 saturated heterocycles. The van der Waals surface area contributed by atoms with E-state index in [1.54, 1.807) is 0 Å². The standard InChI is InChI=1S/C50H32N2/c1-2-12-32-25-37(23-21-31(32)11-1)51-46-19-9-7-17-40(46)43-27-35(22-24-48(43)51)36-28-44-39-16-6-5-15-38(39)42-26-33-13-3-4-14-34(33)30-49(42)52-47-20-10-8-18-41(47)45(29-36)50(44)52/h1-29,34H,30H2. The zero-order valence-electron chi connectivity index (χ0n) is 28.4. The van der Waals surface area contributed by atoms with Gasteiger partial charge in [-0.05, 0) is 99.6 Å². The topological polar surface area (TPSA) is 9.86 Å². The van der Waals surface area contributed by atoms with Gasteiger partial charge in [-0.15, -0.1) is 0 Å². The molecular formula is C50H32N2. The molecule has 0 N–H and O–H groups in total. The van der Waals surface area contributed by atoms with Gasteiger partial charge in [0.2, 0.25) is 0 Å². The van der Waals surface area contributed by atoms with Crippen molar-refractivity contribution in [3.63, 3.8) is 0 Å². The predicted molar refractivity (Wildman–Crippen MR) is 220 cm³/mol. The molecule has 52 heavy (non-hydrogen) atoms. The van der Waals surface area contributed by atoms with E-state index in [1.165, 1.54) is 105 Å². The summed E-state index contributed by atoms with van der Waals surface area (Å²) in [6.07, 6.45) is 12.5. The van der Waals surface area contributed by atoms with Crippen LogP contribution in [-0.4, -0.2) is 9.13 Å². The van der Waals surface area contributed by atoms with Gasteiger partial charge in [0.05, 0.1) is 22.1 Å². The number of rotatable bonds is 2. The van der Waals surface area contributed by atoms with Gasteiger partial charge in [-0.2, -0.15) is 0 Å². The Labute approximate surface area is 301 Å². The molecule has 1 aliphatic heterocycles. The first-order chi connectivity index (χ1) is 25.8. The molecule has 0 bridgehead atoms. The maximum atomic E-state index is 2.60. The minimum Gasteiger partial charge on any atom is -0.312 e. The molecule has 0 amide bonds. The summed E-state index contributed by atoms with van der Waals surface area (Å²) < 4.78 is 5.02. The van der Waals surface area contributed by atoms with Gasteiger partial charge in [0, 0.05) is 50.0 Å². The zero-order chi connectivity index (χ0) is 33.9. The number of para-hydroxylation sites is 2. The normalized spacial score (nSPS) is 16.1. The summed E-state index contributed by atoms with van der Waals surface area (Å²) in [7, 11) is 0. The van der Waals surface area contributed by atoms with Crippen molar-refractivity contribution in [3.05, 3.63) is 187 Å². The largest absolute Gasteiger partial charge is 0.312 e. The van der Waals surface area contributed by atoms with E-state index in [4.69, 9.17) is 0 Å². The van der Waals surface area contributed by atoms with E-state index in [2.05, 4.69) is 185 Å². The molecule has 1 atom stereocenters. The van der Waals surface area contributed by atoms with E-state index < -0.39 is 0 Å². The second-order valence-electron chi connectivity index (χ2n) is 14.5. The highest BCUT2D eigenvalue weighted by Crippen LogP contribution is 2.51. The number of aromatic nitrogens is 2. The molecule has 3 heterocycles. The van der Waals surface area contributed by atoms with Crippen LogP contribution in [0.15, 0.2) is 182 Å². The Bertz CT molecular complexity index is 3150. The average molecular weight is 661 g/mol. The third-order valence-electron chi connectivity index (χ3n) is 11.7. The van der Waals surface area contributed by atoms with Gasteiger partial charge in [0.15, 0.2) is 0 Å². The summed E-state index contributed by atoms with van der Waals surface area (Å²) in [5, 5.41) is 7.64. The molecule has 0 spiro atoms. The molecule has 0 fully saturated rings. The van der Waals surface area contributed by atoms with Crippen LogP contribution in [0.4, 0.5) is 0 Å². The third kappa shape index (κ3) is 3.84. The van der Waals surface area contributed by atoms with Crippen molar-refractivity contribution in [2.75, 3.05) is 0 Å². The molecular weight excluding hydrogens is 629 g/mol. The van der Waals surface area contributed by atoms with Gasteiger partial charge in [-0.3, -0.25) is 0 Å². The fourth-order valence-corrected chi connectivity index (χ4v) is 9.40. The minimum atomic E-state index is 0.386. The Morgan fingerprint density at radius 2 is 1.19 bits per heavy atom. The molecule has 12 rings (SSSR count). The summed E-state index contributed by atoms with van der Waals surface area (Å²) in [6.45, 7) is 0. The summed E-state index contributed by atoms with van der Waals surface area (Å²) >= 11 is 0. The van der Waals surface area contributed by atoms with E-state index in [1.807, 2.05) is 0 Å². The molecule has 0 radical (unpaired) electrons. The number of fused-ring (bicyclic) bond motifs is 12. The number of allylic oxidation sites excluding steroid dienone is 8. The van der Waals surface area contributed by atoms with Crippen molar-refractivity contribution in [1.82, 2.24) is 9.13 Å². The smallest absolute Gasteiger partial charge is 0.0617 e. The molecule has 2 heteroatoms. The van der Waals surface area contributed by atoms with Gasteiger partial charge >= 0.3 is 0 Å². The lowest BCUT2D eigenvalue weighted by molar-refractivity contribution is 0.773. The van der Waals surface area contributed by atoms with Gasteiger partial charge < -0.3 is 9.13 Å². The molecule has 7 aromatic carbocycles. The Hall–Kier alpha value is -6.64. The summed E-state index contributed by atoms with van der Waals surface area (Å²) in [5.74, 6) is 0.386. The fraction of sp³-hybridized carbons (Fsp3) is 0.0400. The predicted octanol–water partition coefficient (Wildman–Crippen LogP) is 13.1. The lowest BCUT2D eigenvalue weighted by Gasteiger charge is -2.27. The van der Waals surface area contributed by atoms with Crippen LogP contribution in [0.25, 0.3) is 93.6 Å². The Kier molecular flexibility index (Phi) is 5.64. The highest BCUT2D eigenvalue weighted by Gasteiger charge is 2.31. The van der Waals surface area contributed by atoms with Crippen LogP contribution in [-0.2, 0) is 0 Å². The monoisotopic (exact) mass is 660 g/mol. The maximum Gasteiger partial charge on any atom is 0.0617 e. The Morgan fingerprint density at radius 3 is 2.08 bits per heavy atom. The lowest BCUT2D eigenvalue weighted by atomic mass is 9.81. The Balaban J connectivity index is 1.12. The van der Waals surface area contributed by atoms with Crippen LogP contribution < -0.4 is 0 Å². The van der Waals surface area contributed by atoms with Crippen molar-refractivity contribution in [2.24, 2.45) is 5.92 Å². The molecule has 2 nitrogen and oxygen atoms in total. The zero-order valence-corrected chi connectivity index (χ0v) is 28.4. The molecule has 2 aliphatic carbocycles. The number of benzene rings is 7. The Morgan fingerprint density at radius 1 is 0.481 bits per heavy atom. The molecule has 242 valence electrons. The summed E-state index contributed by atoms with van der Waals surface area (Å²) in [6, 6.07) is 54.3. The van der Waals surface area contributed by atoms with E-state index in [-0.39, 0.29) is 0 Å². The van der Waals surface area contributed by atoms with Crippen molar-refractivity contribution >= 4 is 65.7 Å². The first-order valence-electron chi connectivity index (χ1n) is 18.3. The minimum absolute atomic E-state index is 0.386. The van der Waals surface area contributed by atoms with Gasteiger partial charge in [-0.25, -0.2) is 0 Å². The van der Waals surface area contributed by atoms with Crippen LogP contribution >= 0.6 is 0 Å². The lowest BCUT2D eigenvalue weighted by Crippen LogP contribution is -2.12. The summed E-state index contributed by atoms with van der Waals surface area (Å²) in [4.78, 5) is 0. The van der Waals surface area contributed by atoms with Crippen LogP contribution in [0.3, 0.4) is 0 Å². The number of hydrogen-bond acceptors (Lipinski definition) is 0. The van der Waals surface area contributed by atoms with Crippen LogP contribution in [0.5, 0.6) is 0 Å². The first-order valence-corrected chi connectivity index (χ1v) is 18.3. The maximum absolute atomic E-state index is 2.60. The molecule has 0 saturated carbocycles. The SMILES string of the molecule is C1=CC2=CC3=C(CC2C=C1)n1c2ccccc2c2cc(-c4ccc5c(c4)c4ccccc4n5-c4ccc5ccccc5c4)cc(c21)-c1ccccc13. The molecule has 3 aliphatic rings. The average Bonchev–Trinajstić information content (AvgIpc) is 3.68. The van der Waals surface area contributed by atoms with Crippen LogP contribution in [0.1, 0.15) is 12.0 Å².